The van der Waals surface area contributed by atoms with Crippen LogP contribution in [0.4, 0.5) is 11.4 Å². The van der Waals surface area contributed by atoms with E-state index in [-0.39, 0.29) is 27.6 Å². The molecule has 12 nitrogen and oxygen atoms in total. The minimum Gasteiger partial charge on any atom is -0.480 e. The van der Waals surface area contributed by atoms with Crippen molar-refractivity contribution in [2.24, 2.45) is 0 Å². The maximum Gasteiger partial charge on any atom is 0.322 e. The van der Waals surface area contributed by atoms with Gasteiger partial charge >= 0.3 is 11.9 Å². The van der Waals surface area contributed by atoms with Gasteiger partial charge in [-0.3, -0.25) is 29.2 Å². The van der Waals surface area contributed by atoms with Gasteiger partial charge in [-0.2, -0.15) is 0 Å². The molecule has 3 aromatic rings. The van der Waals surface area contributed by atoms with E-state index < -0.39 is 44.8 Å². The van der Waals surface area contributed by atoms with Crippen LogP contribution < -0.4 is 14.8 Å². The van der Waals surface area contributed by atoms with Gasteiger partial charge in [-0.15, -0.1) is 0 Å². The summed E-state index contributed by atoms with van der Waals surface area (Å²) in [7, 11) is -4.16. The SMILES string of the molecule is O=C(O)CNC(=O)c1ccccc1NS(=O)(=O)c1ccc(OC(=O)C2(c3ccc([N+](=O)[O-])cc3)CC2)cc1. The zero-order valence-electron chi connectivity index (χ0n) is 19.6. The Kier molecular flexibility index (Phi) is 7.12. The summed E-state index contributed by atoms with van der Waals surface area (Å²) in [5.41, 5.74) is -0.519. The van der Waals surface area contributed by atoms with Crippen molar-refractivity contribution in [2.45, 2.75) is 23.2 Å². The Balaban J connectivity index is 1.46. The van der Waals surface area contributed by atoms with Crippen molar-refractivity contribution in [1.82, 2.24) is 5.32 Å². The van der Waals surface area contributed by atoms with E-state index in [1.807, 2.05) is 0 Å². The van der Waals surface area contributed by atoms with E-state index in [1.54, 1.807) is 0 Å². The number of aliphatic carboxylic acids is 1. The fourth-order valence-corrected chi connectivity index (χ4v) is 4.83. The van der Waals surface area contributed by atoms with Gasteiger partial charge in [0.25, 0.3) is 21.6 Å². The predicted octanol–water partition coefficient (Wildman–Crippen LogP) is 2.85. The lowest BCUT2D eigenvalue weighted by atomic mass is 9.96. The molecular formula is C25H21N3O9S. The Morgan fingerprint density at radius 1 is 0.974 bits per heavy atom. The number of non-ortho nitro benzene ring substituents is 1. The summed E-state index contributed by atoms with van der Waals surface area (Å²) >= 11 is 0. The van der Waals surface area contributed by atoms with Crippen molar-refractivity contribution in [3.8, 4) is 5.75 Å². The van der Waals surface area contributed by atoms with Crippen LogP contribution in [-0.4, -0.2) is 42.8 Å². The molecule has 0 radical (unpaired) electrons. The van der Waals surface area contributed by atoms with Gasteiger partial charge < -0.3 is 15.2 Å². The molecule has 0 spiro atoms. The zero-order chi connectivity index (χ0) is 27.5. The van der Waals surface area contributed by atoms with Gasteiger partial charge in [0.2, 0.25) is 0 Å². The van der Waals surface area contributed by atoms with Crippen LogP contribution in [0.1, 0.15) is 28.8 Å². The third-order valence-electron chi connectivity index (χ3n) is 5.93. The number of ether oxygens (including phenoxy) is 1. The van der Waals surface area contributed by atoms with Crippen LogP contribution in [0.25, 0.3) is 0 Å². The average molecular weight is 540 g/mol. The number of carboxylic acids is 1. The van der Waals surface area contributed by atoms with E-state index in [0.29, 0.717) is 18.4 Å². The van der Waals surface area contributed by atoms with E-state index in [1.165, 1.54) is 72.8 Å². The number of sulfonamides is 1. The number of carbonyl (C=O) groups excluding carboxylic acids is 2. The molecule has 0 bridgehead atoms. The molecule has 196 valence electrons. The Bertz CT molecular complexity index is 1510. The van der Waals surface area contributed by atoms with Gasteiger partial charge in [0.1, 0.15) is 12.3 Å². The Morgan fingerprint density at radius 2 is 1.61 bits per heavy atom. The molecule has 4 rings (SSSR count). The lowest BCUT2D eigenvalue weighted by molar-refractivity contribution is -0.384. The number of nitro groups is 1. The molecule has 38 heavy (non-hydrogen) atoms. The number of hydrogen-bond acceptors (Lipinski definition) is 8. The largest absolute Gasteiger partial charge is 0.480 e. The van der Waals surface area contributed by atoms with Crippen molar-refractivity contribution in [1.29, 1.82) is 0 Å². The van der Waals surface area contributed by atoms with Crippen LogP contribution in [0.2, 0.25) is 0 Å². The average Bonchev–Trinajstić information content (AvgIpc) is 3.70. The lowest BCUT2D eigenvalue weighted by Crippen LogP contribution is -2.30. The minimum absolute atomic E-state index is 0.0512. The summed E-state index contributed by atoms with van der Waals surface area (Å²) in [6.07, 6.45) is 1.03. The van der Waals surface area contributed by atoms with Crippen molar-refractivity contribution < 1.29 is 37.6 Å². The molecular weight excluding hydrogens is 518 g/mol. The standard InChI is InChI=1S/C25H21N3O9S/c29-22(30)15-26-23(31)20-3-1-2-4-21(20)27-38(35,36)19-11-9-18(10-12-19)37-24(32)25(13-14-25)16-5-7-17(8-6-16)28(33)34/h1-12,27H,13-15H2,(H,26,31)(H,29,30). The molecule has 13 heteroatoms. The summed E-state index contributed by atoms with van der Waals surface area (Å²) in [4.78, 5) is 46.1. The molecule has 1 saturated carbocycles. The predicted molar refractivity (Wildman–Crippen MR) is 133 cm³/mol. The van der Waals surface area contributed by atoms with Crippen LogP contribution in [0.15, 0.2) is 77.7 Å². The monoisotopic (exact) mass is 539 g/mol. The molecule has 1 aliphatic rings. The highest BCUT2D eigenvalue weighted by molar-refractivity contribution is 7.92. The van der Waals surface area contributed by atoms with E-state index in [2.05, 4.69) is 10.0 Å². The van der Waals surface area contributed by atoms with Crippen LogP contribution in [-0.2, 0) is 25.0 Å². The van der Waals surface area contributed by atoms with Gasteiger partial charge in [0.15, 0.2) is 0 Å². The van der Waals surface area contributed by atoms with E-state index in [4.69, 9.17) is 9.84 Å². The second-order valence-corrected chi connectivity index (χ2v) is 10.2. The molecule has 0 aromatic heterocycles. The number of carbonyl (C=O) groups is 3. The molecule has 3 aromatic carbocycles. The summed E-state index contributed by atoms with van der Waals surface area (Å²) < 4.78 is 33.6. The molecule has 3 N–H and O–H groups in total. The molecule has 0 atom stereocenters. The number of nitrogens with zero attached hydrogens (tertiary/aromatic N) is 1. The smallest absolute Gasteiger partial charge is 0.322 e. The van der Waals surface area contributed by atoms with E-state index in [9.17, 15) is 32.9 Å². The van der Waals surface area contributed by atoms with Crippen LogP contribution in [0, 0.1) is 10.1 Å². The first-order chi connectivity index (χ1) is 18.0. The molecule has 1 fully saturated rings. The Morgan fingerprint density at radius 3 is 2.18 bits per heavy atom. The number of rotatable bonds is 10. The van der Waals surface area contributed by atoms with Crippen molar-refractivity contribution in [3.05, 3.63) is 94.0 Å². The van der Waals surface area contributed by atoms with E-state index >= 15 is 0 Å². The zero-order valence-corrected chi connectivity index (χ0v) is 20.4. The topological polar surface area (TPSA) is 182 Å². The number of carboxylic acid groups (broad SMARTS) is 1. The third kappa shape index (κ3) is 5.62. The van der Waals surface area contributed by atoms with Crippen molar-refractivity contribution in [2.75, 3.05) is 11.3 Å². The summed E-state index contributed by atoms with van der Waals surface area (Å²) in [5.74, 6) is -2.47. The molecule has 0 heterocycles. The molecule has 1 amide bonds. The van der Waals surface area contributed by atoms with Gasteiger partial charge in [0.05, 0.1) is 26.5 Å². The quantitative estimate of drug-likeness (QED) is 0.151. The van der Waals surface area contributed by atoms with E-state index in [0.717, 1.165) is 0 Å². The lowest BCUT2D eigenvalue weighted by Gasteiger charge is -2.15. The maximum atomic E-state index is 12.9. The van der Waals surface area contributed by atoms with Crippen LogP contribution >= 0.6 is 0 Å². The fraction of sp³-hybridized carbons (Fsp3) is 0.160. The highest BCUT2D eigenvalue weighted by atomic mass is 32.2. The van der Waals surface area contributed by atoms with Gasteiger partial charge in [-0.25, -0.2) is 8.42 Å². The van der Waals surface area contributed by atoms with Gasteiger partial charge in [0, 0.05) is 12.1 Å². The number of para-hydroxylation sites is 1. The number of amides is 1. The minimum atomic E-state index is -4.16. The summed E-state index contributed by atoms with van der Waals surface area (Å²) in [6, 6.07) is 16.5. The second-order valence-electron chi connectivity index (χ2n) is 8.47. The highest BCUT2D eigenvalue weighted by Crippen LogP contribution is 2.49. The number of benzene rings is 3. The third-order valence-corrected chi connectivity index (χ3v) is 7.31. The Hall–Kier alpha value is -4.78. The number of nitro benzene ring substituents is 1. The Labute approximate surface area is 216 Å². The molecule has 0 aliphatic heterocycles. The second kappa shape index (κ2) is 10.3. The number of anilines is 1. The maximum absolute atomic E-state index is 12.9. The first kappa shape index (κ1) is 26.3. The van der Waals surface area contributed by atoms with Crippen molar-refractivity contribution >= 4 is 39.2 Å². The van der Waals surface area contributed by atoms with Gasteiger partial charge in [-0.05, 0) is 54.8 Å². The van der Waals surface area contributed by atoms with Crippen molar-refractivity contribution in [3.63, 3.8) is 0 Å². The number of esters is 1. The summed E-state index contributed by atoms with van der Waals surface area (Å²) in [5, 5.41) is 21.8. The molecule has 1 aliphatic carbocycles. The normalized spacial score (nSPS) is 13.7. The number of nitrogens with one attached hydrogen (secondary N) is 2. The van der Waals surface area contributed by atoms with Crippen LogP contribution in [0.3, 0.4) is 0 Å². The molecule has 0 saturated heterocycles. The number of hydrogen-bond donors (Lipinski definition) is 3. The van der Waals surface area contributed by atoms with Crippen LogP contribution in [0.5, 0.6) is 5.75 Å². The highest BCUT2D eigenvalue weighted by Gasteiger charge is 2.53. The molecule has 0 unspecified atom stereocenters. The fourth-order valence-electron chi connectivity index (χ4n) is 3.75. The first-order valence-corrected chi connectivity index (χ1v) is 12.7. The summed E-state index contributed by atoms with van der Waals surface area (Å²) in [6.45, 7) is -0.633. The van der Waals surface area contributed by atoms with Gasteiger partial charge in [-0.1, -0.05) is 24.3 Å². The first-order valence-electron chi connectivity index (χ1n) is 11.2.